The molecule has 0 aromatic heterocycles. The van der Waals surface area contributed by atoms with Gasteiger partial charge in [0.15, 0.2) is 0 Å². The summed E-state index contributed by atoms with van der Waals surface area (Å²) >= 11 is 0. The number of nitrogens with one attached hydrogen (secondary N) is 1. The Balaban J connectivity index is 1.96. The van der Waals surface area contributed by atoms with E-state index >= 15 is 0 Å². The third-order valence-electron chi connectivity index (χ3n) is 5.10. The van der Waals surface area contributed by atoms with E-state index in [0.717, 1.165) is 51.6 Å². The van der Waals surface area contributed by atoms with E-state index in [9.17, 15) is 9.90 Å². The molecule has 2 aliphatic rings. The molecule has 4 nitrogen and oxygen atoms in total. The van der Waals surface area contributed by atoms with Crippen molar-refractivity contribution < 1.29 is 14.6 Å². The van der Waals surface area contributed by atoms with Gasteiger partial charge >= 0.3 is 0 Å². The Labute approximate surface area is 122 Å². The third kappa shape index (κ3) is 3.53. The molecule has 2 fully saturated rings. The first kappa shape index (κ1) is 15.8. The Bertz CT molecular complexity index is 346. The predicted molar refractivity (Wildman–Crippen MR) is 78.4 cm³/mol. The molecule has 116 valence electrons. The van der Waals surface area contributed by atoms with Gasteiger partial charge < -0.3 is 15.2 Å². The number of amides is 1. The minimum absolute atomic E-state index is 0.141. The number of hydrogen-bond donors (Lipinski definition) is 2. The minimum Gasteiger partial charge on any atom is -0.393 e. The van der Waals surface area contributed by atoms with Gasteiger partial charge in [0.2, 0.25) is 5.91 Å². The van der Waals surface area contributed by atoms with Crippen LogP contribution in [-0.2, 0) is 9.53 Å². The van der Waals surface area contributed by atoms with Gasteiger partial charge in [-0.05, 0) is 58.8 Å². The van der Waals surface area contributed by atoms with Gasteiger partial charge in [0.25, 0.3) is 0 Å². The highest BCUT2D eigenvalue weighted by Crippen LogP contribution is 2.40. The van der Waals surface area contributed by atoms with Gasteiger partial charge in [0.05, 0.1) is 11.7 Å². The molecular formula is C16H29NO3. The maximum absolute atomic E-state index is 12.7. The number of hydrogen-bond acceptors (Lipinski definition) is 3. The first-order valence-electron chi connectivity index (χ1n) is 8.00. The molecule has 0 spiro atoms. The fraction of sp³-hybridized carbons (Fsp3) is 0.938. The average molecular weight is 283 g/mol. The molecule has 0 aromatic rings. The van der Waals surface area contributed by atoms with Gasteiger partial charge in [0, 0.05) is 18.1 Å². The molecule has 2 N–H and O–H groups in total. The third-order valence-corrected chi connectivity index (χ3v) is 5.10. The van der Waals surface area contributed by atoms with Gasteiger partial charge in [-0.2, -0.15) is 0 Å². The highest BCUT2D eigenvalue weighted by molar-refractivity contribution is 5.83. The minimum atomic E-state index is -0.262. The molecule has 1 amide bonds. The second-order valence-corrected chi connectivity index (χ2v) is 7.14. The van der Waals surface area contributed by atoms with Crippen LogP contribution in [0.15, 0.2) is 0 Å². The van der Waals surface area contributed by atoms with Crippen LogP contribution in [0.4, 0.5) is 0 Å². The standard InChI is InChI=1S/C16H29NO3/c1-4-16(8-5-13(18)6-9-16)14(19)17-12-7-10-20-15(2,3)11-12/h12-13,18H,4-11H2,1-3H3,(H,17,19). The van der Waals surface area contributed by atoms with Gasteiger partial charge in [-0.3, -0.25) is 4.79 Å². The highest BCUT2D eigenvalue weighted by atomic mass is 16.5. The summed E-state index contributed by atoms with van der Waals surface area (Å²) in [6, 6.07) is 0.224. The van der Waals surface area contributed by atoms with Crippen molar-refractivity contribution in [2.24, 2.45) is 5.41 Å². The summed E-state index contributed by atoms with van der Waals surface area (Å²) in [5.41, 5.74) is -0.403. The Morgan fingerprint density at radius 1 is 1.30 bits per heavy atom. The lowest BCUT2D eigenvalue weighted by molar-refractivity contribution is -0.137. The lowest BCUT2D eigenvalue weighted by Gasteiger charge is -2.40. The van der Waals surface area contributed by atoms with E-state index < -0.39 is 0 Å². The van der Waals surface area contributed by atoms with E-state index in [2.05, 4.69) is 26.1 Å². The first-order valence-corrected chi connectivity index (χ1v) is 8.00. The predicted octanol–water partition coefficient (Wildman–Crippen LogP) is 2.39. The van der Waals surface area contributed by atoms with Crippen LogP contribution in [0, 0.1) is 5.41 Å². The van der Waals surface area contributed by atoms with Crippen molar-refractivity contribution in [3.8, 4) is 0 Å². The van der Waals surface area contributed by atoms with E-state index in [-0.39, 0.29) is 29.1 Å². The number of ether oxygens (including phenoxy) is 1. The fourth-order valence-electron chi connectivity index (χ4n) is 3.59. The molecule has 0 aromatic carbocycles. The van der Waals surface area contributed by atoms with Crippen molar-refractivity contribution in [2.45, 2.75) is 83.5 Å². The van der Waals surface area contributed by atoms with Crippen LogP contribution in [0.5, 0.6) is 0 Å². The van der Waals surface area contributed by atoms with Crippen molar-refractivity contribution in [3.05, 3.63) is 0 Å². The summed E-state index contributed by atoms with van der Waals surface area (Å²) in [6.07, 6.45) is 5.54. The number of aliphatic hydroxyl groups is 1. The van der Waals surface area contributed by atoms with Crippen LogP contribution in [-0.4, -0.2) is 35.4 Å². The summed E-state index contributed by atoms with van der Waals surface area (Å²) in [5, 5.41) is 12.9. The van der Waals surface area contributed by atoms with Crippen LogP contribution in [0.3, 0.4) is 0 Å². The van der Waals surface area contributed by atoms with Gasteiger partial charge in [0.1, 0.15) is 0 Å². The van der Waals surface area contributed by atoms with Gasteiger partial charge in [-0.15, -0.1) is 0 Å². The summed E-state index contributed by atoms with van der Waals surface area (Å²) in [7, 11) is 0. The fourth-order valence-corrected chi connectivity index (χ4v) is 3.59. The van der Waals surface area contributed by atoms with Gasteiger partial charge in [-0.25, -0.2) is 0 Å². The SMILES string of the molecule is CCC1(C(=O)NC2CCOC(C)(C)C2)CCC(O)CC1. The van der Waals surface area contributed by atoms with Crippen LogP contribution in [0.1, 0.15) is 65.7 Å². The maximum Gasteiger partial charge on any atom is 0.226 e. The molecule has 1 aliphatic heterocycles. The highest BCUT2D eigenvalue weighted by Gasteiger charge is 2.41. The molecule has 0 radical (unpaired) electrons. The molecule has 1 aliphatic carbocycles. The van der Waals surface area contributed by atoms with Crippen molar-refractivity contribution >= 4 is 5.91 Å². The van der Waals surface area contributed by atoms with Crippen LogP contribution < -0.4 is 5.32 Å². The molecule has 20 heavy (non-hydrogen) atoms. The second kappa shape index (κ2) is 6.02. The Morgan fingerprint density at radius 3 is 2.50 bits per heavy atom. The van der Waals surface area contributed by atoms with E-state index in [4.69, 9.17) is 4.74 Å². The maximum atomic E-state index is 12.7. The molecule has 1 saturated carbocycles. The van der Waals surface area contributed by atoms with Crippen molar-refractivity contribution in [2.75, 3.05) is 6.61 Å². The zero-order chi connectivity index (χ0) is 14.8. The number of carbonyl (C=O) groups is 1. The summed E-state index contributed by atoms with van der Waals surface area (Å²) in [4.78, 5) is 12.7. The monoisotopic (exact) mass is 283 g/mol. The Hall–Kier alpha value is -0.610. The lowest BCUT2D eigenvalue weighted by Crippen LogP contribution is -2.51. The Kier molecular flexibility index (Phi) is 4.75. The quantitative estimate of drug-likeness (QED) is 0.836. The molecular weight excluding hydrogens is 254 g/mol. The summed E-state index contributed by atoms with van der Waals surface area (Å²) < 4.78 is 5.70. The van der Waals surface area contributed by atoms with E-state index in [1.54, 1.807) is 0 Å². The van der Waals surface area contributed by atoms with Crippen molar-refractivity contribution in [1.29, 1.82) is 0 Å². The first-order chi connectivity index (χ1) is 9.37. The summed E-state index contributed by atoms with van der Waals surface area (Å²) in [5.74, 6) is 0.189. The number of rotatable bonds is 3. The topological polar surface area (TPSA) is 58.6 Å². The second-order valence-electron chi connectivity index (χ2n) is 7.14. The number of aliphatic hydroxyl groups excluding tert-OH is 1. The Morgan fingerprint density at radius 2 is 1.95 bits per heavy atom. The molecule has 1 atom stereocenters. The molecule has 1 saturated heterocycles. The lowest BCUT2D eigenvalue weighted by atomic mass is 9.70. The van der Waals surface area contributed by atoms with E-state index in [1.165, 1.54) is 0 Å². The zero-order valence-corrected chi connectivity index (χ0v) is 13.1. The van der Waals surface area contributed by atoms with Crippen LogP contribution >= 0.6 is 0 Å². The average Bonchev–Trinajstić information content (AvgIpc) is 2.38. The molecule has 0 bridgehead atoms. The van der Waals surface area contributed by atoms with E-state index in [1.807, 2.05) is 0 Å². The van der Waals surface area contributed by atoms with Crippen molar-refractivity contribution in [3.63, 3.8) is 0 Å². The molecule has 2 rings (SSSR count). The smallest absolute Gasteiger partial charge is 0.226 e. The largest absolute Gasteiger partial charge is 0.393 e. The molecule has 1 heterocycles. The number of carbonyl (C=O) groups excluding carboxylic acids is 1. The van der Waals surface area contributed by atoms with Crippen LogP contribution in [0.2, 0.25) is 0 Å². The molecule has 1 unspecified atom stereocenters. The van der Waals surface area contributed by atoms with Crippen LogP contribution in [0.25, 0.3) is 0 Å². The summed E-state index contributed by atoms with van der Waals surface area (Å²) in [6.45, 7) is 6.97. The molecule has 4 heteroatoms. The van der Waals surface area contributed by atoms with Crippen molar-refractivity contribution in [1.82, 2.24) is 5.32 Å². The van der Waals surface area contributed by atoms with E-state index in [0.29, 0.717) is 0 Å². The zero-order valence-electron chi connectivity index (χ0n) is 13.1. The van der Waals surface area contributed by atoms with Gasteiger partial charge in [-0.1, -0.05) is 6.92 Å². The normalized spacial score (nSPS) is 37.4.